The topological polar surface area (TPSA) is 78.4 Å². The van der Waals surface area contributed by atoms with Crippen LogP contribution in [0.1, 0.15) is 12.5 Å². The van der Waals surface area contributed by atoms with E-state index in [1.165, 1.54) is 19.1 Å². The van der Waals surface area contributed by atoms with Crippen molar-refractivity contribution in [2.75, 3.05) is 5.32 Å². The number of benzene rings is 1. The molecule has 0 aliphatic heterocycles. The Morgan fingerprint density at radius 1 is 1.41 bits per heavy atom. The van der Waals surface area contributed by atoms with Gasteiger partial charge in [0.15, 0.2) is 0 Å². The lowest BCUT2D eigenvalue weighted by Gasteiger charge is -2.11. The number of aliphatic carboxylic acids is 1. The molecule has 17 heavy (non-hydrogen) atoms. The van der Waals surface area contributed by atoms with Crippen molar-refractivity contribution in [1.82, 2.24) is 5.32 Å². The average molecular weight is 240 g/mol. The average Bonchev–Trinajstić information content (AvgIpc) is 2.23. The monoisotopic (exact) mass is 240 g/mol. The van der Waals surface area contributed by atoms with Crippen molar-refractivity contribution >= 4 is 17.7 Å². The van der Waals surface area contributed by atoms with E-state index in [0.29, 0.717) is 0 Å². The number of nitrogens with one attached hydrogen (secondary N) is 2. The zero-order valence-electron chi connectivity index (χ0n) is 9.45. The van der Waals surface area contributed by atoms with E-state index in [4.69, 9.17) is 5.11 Å². The summed E-state index contributed by atoms with van der Waals surface area (Å²) in [6, 6.07) is 2.46. The second-order valence-electron chi connectivity index (χ2n) is 3.64. The molecule has 1 aromatic rings. The predicted octanol–water partition coefficient (Wildman–Crippen LogP) is 1.73. The number of rotatable bonds is 3. The van der Waals surface area contributed by atoms with Gasteiger partial charge in [-0.3, -0.25) is 4.79 Å². The zero-order valence-corrected chi connectivity index (χ0v) is 9.45. The maximum atomic E-state index is 13.3. The molecule has 0 fully saturated rings. The van der Waals surface area contributed by atoms with Gasteiger partial charge in [0, 0.05) is 0 Å². The molecule has 92 valence electrons. The van der Waals surface area contributed by atoms with Crippen molar-refractivity contribution in [2.24, 2.45) is 0 Å². The summed E-state index contributed by atoms with van der Waals surface area (Å²) in [5.74, 6) is -1.74. The number of carboxylic acid groups (broad SMARTS) is 1. The summed E-state index contributed by atoms with van der Waals surface area (Å²) in [5.41, 5.74) is 0.799. The van der Waals surface area contributed by atoms with E-state index < -0.39 is 23.9 Å². The predicted molar refractivity (Wildman–Crippen MR) is 60.4 cm³/mol. The standard InChI is InChI=1S/C11H13FN2O3/c1-6-3-4-8(12)9(5-6)14-11(17)13-7(2)10(15)16/h3-5,7H,1-2H3,(H,15,16)(H2,13,14,17). The number of hydrogen-bond acceptors (Lipinski definition) is 2. The third-order valence-electron chi connectivity index (χ3n) is 2.09. The molecule has 6 heteroatoms. The number of urea groups is 1. The lowest BCUT2D eigenvalue weighted by Crippen LogP contribution is -2.41. The fraction of sp³-hybridized carbons (Fsp3) is 0.273. The first-order valence-electron chi connectivity index (χ1n) is 4.96. The van der Waals surface area contributed by atoms with E-state index in [-0.39, 0.29) is 5.69 Å². The Hall–Kier alpha value is -2.11. The third kappa shape index (κ3) is 3.75. The summed E-state index contributed by atoms with van der Waals surface area (Å²) in [6.45, 7) is 3.07. The van der Waals surface area contributed by atoms with E-state index >= 15 is 0 Å². The van der Waals surface area contributed by atoms with Crippen LogP contribution < -0.4 is 10.6 Å². The molecule has 0 aliphatic carbocycles. The molecule has 0 bridgehead atoms. The quantitative estimate of drug-likeness (QED) is 0.752. The van der Waals surface area contributed by atoms with Crippen molar-refractivity contribution in [1.29, 1.82) is 0 Å². The van der Waals surface area contributed by atoms with Gasteiger partial charge in [0.2, 0.25) is 0 Å². The van der Waals surface area contributed by atoms with Crippen LogP contribution in [0.2, 0.25) is 0 Å². The number of halogens is 1. The highest BCUT2D eigenvalue weighted by Gasteiger charge is 2.14. The molecule has 0 saturated heterocycles. The number of amides is 2. The highest BCUT2D eigenvalue weighted by Crippen LogP contribution is 2.15. The first kappa shape index (κ1) is 13.0. The molecular weight excluding hydrogens is 227 g/mol. The molecule has 5 nitrogen and oxygen atoms in total. The normalized spacial score (nSPS) is 11.7. The van der Waals surface area contributed by atoms with Crippen molar-refractivity contribution in [2.45, 2.75) is 19.9 Å². The molecule has 0 aliphatic rings. The fourth-order valence-electron chi connectivity index (χ4n) is 1.15. The van der Waals surface area contributed by atoms with Gasteiger partial charge < -0.3 is 15.7 Å². The number of anilines is 1. The Kier molecular flexibility index (Phi) is 4.03. The van der Waals surface area contributed by atoms with Crippen molar-refractivity contribution in [3.8, 4) is 0 Å². The Balaban J connectivity index is 2.68. The van der Waals surface area contributed by atoms with Gasteiger partial charge in [0.05, 0.1) is 5.69 Å². The van der Waals surface area contributed by atoms with Crippen molar-refractivity contribution < 1.29 is 19.1 Å². The number of hydrogen-bond donors (Lipinski definition) is 3. The van der Waals surface area contributed by atoms with E-state index in [1.54, 1.807) is 13.0 Å². The van der Waals surface area contributed by atoms with Gasteiger partial charge in [-0.2, -0.15) is 0 Å². The van der Waals surface area contributed by atoms with Crippen molar-refractivity contribution in [3.63, 3.8) is 0 Å². The van der Waals surface area contributed by atoms with Gasteiger partial charge in [-0.1, -0.05) is 6.07 Å². The summed E-state index contributed by atoms with van der Waals surface area (Å²) in [4.78, 5) is 21.8. The van der Waals surface area contributed by atoms with E-state index in [1.807, 2.05) is 0 Å². The Morgan fingerprint density at radius 2 is 2.06 bits per heavy atom. The summed E-state index contributed by atoms with van der Waals surface area (Å²) in [5, 5.41) is 13.0. The smallest absolute Gasteiger partial charge is 0.325 e. The highest BCUT2D eigenvalue weighted by molar-refractivity contribution is 5.92. The van der Waals surface area contributed by atoms with Gasteiger partial charge in [-0.15, -0.1) is 0 Å². The maximum Gasteiger partial charge on any atom is 0.325 e. The van der Waals surface area contributed by atoms with Crippen LogP contribution in [0.25, 0.3) is 0 Å². The number of carbonyl (C=O) groups excluding carboxylic acids is 1. The lowest BCUT2D eigenvalue weighted by atomic mass is 10.2. The minimum atomic E-state index is -1.16. The fourth-order valence-corrected chi connectivity index (χ4v) is 1.15. The van der Waals surface area contributed by atoms with Gasteiger partial charge >= 0.3 is 12.0 Å². The molecule has 0 spiro atoms. The summed E-state index contributed by atoms with van der Waals surface area (Å²) in [6.07, 6.45) is 0. The lowest BCUT2D eigenvalue weighted by molar-refractivity contribution is -0.138. The molecule has 0 aromatic heterocycles. The zero-order chi connectivity index (χ0) is 13.0. The molecule has 0 heterocycles. The van der Waals surface area contributed by atoms with Crippen LogP contribution in [-0.4, -0.2) is 23.1 Å². The number of carboxylic acids is 1. The van der Waals surface area contributed by atoms with Crippen LogP contribution in [0.4, 0.5) is 14.9 Å². The number of carbonyl (C=O) groups is 2. The minimum Gasteiger partial charge on any atom is -0.480 e. The molecule has 1 atom stereocenters. The van der Waals surface area contributed by atoms with Gasteiger partial charge in [0.1, 0.15) is 11.9 Å². The molecule has 3 N–H and O–H groups in total. The van der Waals surface area contributed by atoms with Crippen LogP contribution in [0, 0.1) is 12.7 Å². The third-order valence-corrected chi connectivity index (χ3v) is 2.09. The summed E-state index contributed by atoms with van der Waals surface area (Å²) >= 11 is 0. The largest absolute Gasteiger partial charge is 0.480 e. The van der Waals surface area contributed by atoms with Crippen LogP contribution in [0.3, 0.4) is 0 Å². The SMILES string of the molecule is Cc1ccc(F)c(NC(=O)NC(C)C(=O)O)c1. The molecule has 0 saturated carbocycles. The molecule has 1 rings (SSSR count). The summed E-state index contributed by atoms with van der Waals surface area (Å²) < 4.78 is 13.3. The second kappa shape index (κ2) is 5.29. The number of aryl methyl sites for hydroxylation is 1. The van der Waals surface area contributed by atoms with Gasteiger partial charge in [0.25, 0.3) is 0 Å². The minimum absolute atomic E-state index is 0.0140. The van der Waals surface area contributed by atoms with Gasteiger partial charge in [-0.25, -0.2) is 9.18 Å². The van der Waals surface area contributed by atoms with Crippen LogP contribution >= 0.6 is 0 Å². The van der Waals surface area contributed by atoms with Crippen LogP contribution in [-0.2, 0) is 4.79 Å². The molecule has 0 radical (unpaired) electrons. The Bertz CT molecular complexity index is 448. The van der Waals surface area contributed by atoms with E-state index in [2.05, 4.69) is 10.6 Å². The summed E-state index contributed by atoms with van der Waals surface area (Å²) in [7, 11) is 0. The first-order valence-corrected chi connectivity index (χ1v) is 4.96. The second-order valence-corrected chi connectivity index (χ2v) is 3.64. The maximum absolute atomic E-state index is 13.3. The van der Waals surface area contributed by atoms with E-state index in [0.717, 1.165) is 5.56 Å². The molecular formula is C11H13FN2O3. The Morgan fingerprint density at radius 3 is 2.65 bits per heavy atom. The molecule has 1 unspecified atom stereocenters. The Labute approximate surface area is 97.6 Å². The first-order chi connectivity index (χ1) is 7.90. The molecule has 1 aromatic carbocycles. The van der Waals surface area contributed by atoms with Crippen LogP contribution in [0.5, 0.6) is 0 Å². The van der Waals surface area contributed by atoms with E-state index in [9.17, 15) is 14.0 Å². The molecule has 2 amide bonds. The van der Waals surface area contributed by atoms with Crippen molar-refractivity contribution in [3.05, 3.63) is 29.6 Å². The highest BCUT2D eigenvalue weighted by atomic mass is 19.1. The van der Waals surface area contributed by atoms with Crippen LogP contribution in [0.15, 0.2) is 18.2 Å². The van der Waals surface area contributed by atoms with Gasteiger partial charge in [-0.05, 0) is 31.5 Å².